The molecule has 0 aliphatic heterocycles. The molecule has 2 aromatic carbocycles. The van der Waals surface area contributed by atoms with Gasteiger partial charge in [-0.3, -0.25) is 4.79 Å². The third-order valence-electron chi connectivity index (χ3n) is 3.46. The number of nitrogens with one attached hydrogen (secondary N) is 1. The Morgan fingerprint density at radius 3 is 2.59 bits per heavy atom. The summed E-state index contributed by atoms with van der Waals surface area (Å²) in [6.45, 7) is 3.10. The highest BCUT2D eigenvalue weighted by molar-refractivity contribution is 7.99. The zero-order chi connectivity index (χ0) is 19.6. The van der Waals surface area contributed by atoms with Crippen molar-refractivity contribution >= 4 is 29.3 Å². The van der Waals surface area contributed by atoms with Crippen LogP contribution in [0.3, 0.4) is 0 Å². The Kier molecular flexibility index (Phi) is 7.71. The smallest absolute Gasteiger partial charge is 0.347 e. The Labute approximate surface area is 162 Å². The molecule has 2 aromatic rings. The van der Waals surface area contributed by atoms with E-state index >= 15 is 0 Å². The summed E-state index contributed by atoms with van der Waals surface area (Å²) in [7, 11) is 0. The lowest BCUT2D eigenvalue weighted by Gasteiger charge is -2.14. The molecule has 6 nitrogen and oxygen atoms in total. The van der Waals surface area contributed by atoms with Crippen molar-refractivity contribution in [3.8, 4) is 11.8 Å². The van der Waals surface area contributed by atoms with Crippen molar-refractivity contribution in [3.05, 3.63) is 54.1 Å². The van der Waals surface area contributed by atoms with Gasteiger partial charge in [0.15, 0.2) is 12.7 Å². The first-order valence-electron chi connectivity index (χ1n) is 8.28. The molecule has 0 spiro atoms. The van der Waals surface area contributed by atoms with Gasteiger partial charge in [0, 0.05) is 4.90 Å². The number of hydrogen-bond donors (Lipinski definition) is 1. The van der Waals surface area contributed by atoms with Crippen molar-refractivity contribution in [1.82, 2.24) is 0 Å². The summed E-state index contributed by atoms with van der Waals surface area (Å²) >= 11 is 1.32. The monoisotopic (exact) mass is 384 g/mol. The molecular formula is C20H20N2O4S. The molecule has 1 N–H and O–H groups in total. The lowest BCUT2D eigenvalue weighted by atomic mass is 10.2. The van der Waals surface area contributed by atoms with Gasteiger partial charge < -0.3 is 14.8 Å². The maximum atomic E-state index is 12.1. The molecule has 0 aliphatic rings. The quantitative estimate of drug-likeness (QED) is 0.553. The molecular weight excluding hydrogens is 364 g/mol. The molecule has 0 saturated heterocycles. The lowest BCUT2D eigenvalue weighted by Crippen LogP contribution is -2.29. The minimum atomic E-state index is -0.834. The van der Waals surface area contributed by atoms with Crippen LogP contribution < -0.4 is 10.1 Å². The Morgan fingerprint density at radius 1 is 1.19 bits per heavy atom. The van der Waals surface area contributed by atoms with Gasteiger partial charge in [0.25, 0.3) is 5.91 Å². The number of ether oxygens (including phenoxy) is 2. The largest absolute Gasteiger partial charge is 0.479 e. The van der Waals surface area contributed by atoms with Gasteiger partial charge >= 0.3 is 5.97 Å². The maximum Gasteiger partial charge on any atom is 0.347 e. The predicted octanol–water partition coefficient (Wildman–Crippen LogP) is 3.56. The van der Waals surface area contributed by atoms with Crippen LogP contribution in [0.2, 0.25) is 0 Å². The van der Waals surface area contributed by atoms with Gasteiger partial charge in [-0.25, -0.2) is 4.79 Å². The van der Waals surface area contributed by atoms with Gasteiger partial charge in [-0.15, -0.1) is 11.8 Å². The molecule has 140 valence electrons. The van der Waals surface area contributed by atoms with E-state index in [1.165, 1.54) is 11.8 Å². The average molecular weight is 384 g/mol. The molecule has 0 radical (unpaired) electrons. The third-order valence-corrected chi connectivity index (χ3v) is 4.41. The molecule has 0 heterocycles. The fourth-order valence-corrected chi connectivity index (χ4v) is 2.78. The molecule has 2 rings (SSSR count). The fraction of sp³-hybridized carbons (Fsp3) is 0.250. The average Bonchev–Trinajstić information content (AvgIpc) is 2.67. The number of aryl methyl sites for hydroxylation is 1. The van der Waals surface area contributed by atoms with Crippen LogP contribution in [0.15, 0.2) is 53.4 Å². The Morgan fingerprint density at radius 2 is 1.89 bits per heavy atom. The van der Waals surface area contributed by atoms with Crippen molar-refractivity contribution in [2.24, 2.45) is 0 Å². The lowest BCUT2D eigenvalue weighted by molar-refractivity contribution is -0.153. The number of benzene rings is 2. The summed E-state index contributed by atoms with van der Waals surface area (Å²) in [5.41, 5.74) is 1.66. The van der Waals surface area contributed by atoms with Crippen LogP contribution in [-0.4, -0.2) is 30.3 Å². The number of esters is 1. The number of carbonyl (C=O) groups is 2. The highest BCUT2D eigenvalue weighted by Gasteiger charge is 2.18. The van der Waals surface area contributed by atoms with E-state index in [4.69, 9.17) is 14.7 Å². The summed E-state index contributed by atoms with van der Waals surface area (Å²) in [5, 5.41) is 11.4. The number of anilines is 1. The molecule has 0 fully saturated rings. The molecule has 27 heavy (non-hydrogen) atoms. The van der Waals surface area contributed by atoms with Gasteiger partial charge in [0.1, 0.15) is 5.75 Å². The topological polar surface area (TPSA) is 88.4 Å². The van der Waals surface area contributed by atoms with Crippen molar-refractivity contribution < 1.29 is 19.1 Å². The SMILES string of the molecule is Cc1ccc(OC(C)C(=O)OCC(=O)Nc2ccccc2SCC#N)cc1. The van der Waals surface area contributed by atoms with E-state index < -0.39 is 24.6 Å². The minimum Gasteiger partial charge on any atom is -0.479 e. The number of hydrogen-bond acceptors (Lipinski definition) is 6. The molecule has 0 aliphatic carbocycles. The van der Waals surface area contributed by atoms with E-state index in [0.29, 0.717) is 11.4 Å². The minimum absolute atomic E-state index is 0.274. The van der Waals surface area contributed by atoms with E-state index in [2.05, 4.69) is 5.32 Å². The van der Waals surface area contributed by atoms with E-state index in [1.807, 2.05) is 31.2 Å². The van der Waals surface area contributed by atoms with Crippen LogP contribution in [0.25, 0.3) is 0 Å². The molecule has 1 amide bonds. The first kappa shape index (κ1) is 20.3. The second-order valence-electron chi connectivity index (χ2n) is 5.67. The van der Waals surface area contributed by atoms with Gasteiger partial charge in [-0.05, 0) is 38.1 Å². The van der Waals surface area contributed by atoms with E-state index in [0.717, 1.165) is 10.5 Å². The molecule has 0 aromatic heterocycles. The number of amides is 1. The van der Waals surface area contributed by atoms with E-state index in [-0.39, 0.29) is 5.75 Å². The summed E-state index contributed by atoms with van der Waals surface area (Å²) in [6.07, 6.45) is -0.834. The Bertz CT molecular complexity index is 831. The molecule has 7 heteroatoms. The molecule has 0 saturated carbocycles. The van der Waals surface area contributed by atoms with Crippen LogP contribution >= 0.6 is 11.8 Å². The van der Waals surface area contributed by atoms with Crippen LogP contribution in [-0.2, 0) is 14.3 Å². The predicted molar refractivity (Wildman–Crippen MR) is 104 cm³/mol. The van der Waals surface area contributed by atoms with Crippen molar-refractivity contribution in [1.29, 1.82) is 5.26 Å². The van der Waals surface area contributed by atoms with Crippen LogP contribution in [0.5, 0.6) is 5.75 Å². The number of nitriles is 1. The van der Waals surface area contributed by atoms with Gasteiger partial charge in [0.2, 0.25) is 0 Å². The van der Waals surface area contributed by atoms with Crippen molar-refractivity contribution in [3.63, 3.8) is 0 Å². The number of thioether (sulfide) groups is 1. The Balaban J connectivity index is 1.83. The van der Waals surface area contributed by atoms with Crippen LogP contribution in [0.1, 0.15) is 12.5 Å². The summed E-state index contributed by atoms with van der Waals surface area (Å²) in [5.74, 6) is -0.262. The van der Waals surface area contributed by atoms with Crippen LogP contribution in [0.4, 0.5) is 5.69 Å². The standard InChI is InChI=1S/C20H20N2O4S/c1-14-7-9-16(10-8-14)26-15(2)20(24)25-13-19(23)22-17-5-3-4-6-18(17)27-12-11-21/h3-10,15H,12-13H2,1-2H3,(H,22,23). The first-order valence-corrected chi connectivity index (χ1v) is 9.26. The highest BCUT2D eigenvalue weighted by atomic mass is 32.2. The van der Waals surface area contributed by atoms with Crippen molar-refractivity contribution in [2.75, 3.05) is 17.7 Å². The highest BCUT2D eigenvalue weighted by Crippen LogP contribution is 2.26. The Hall–Kier alpha value is -2.98. The first-order chi connectivity index (χ1) is 13.0. The number of nitrogens with zero attached hydrogens (tertiary/aromatic N) is 1. The zero-order valence-electron chi connectivity index (χ0n) is 15.1. The molecule has 1 unspecified atom stereocenters. The van der Waals surface area contributed by atoms with E-state index in [1.54, 1.807) is 37.3 Å². The van der Waals surface area contributed by atoms with Crippen LogP contribution in [0, 0.1) is 18.3 Å². The normalized spacial score (nSPS) is 11.1. The number of carbonyl (C=O) groups excluding carboxylic acids is 2. The molecule has 0 bridgehead atoms. The fourth-order valence-electron chi connectivity index (χ4n) is 2.12. The van der Waals surface area contributed by atoms with Gasteiger partial charge in [-0.1, -0.05) is 29.8 Å². The molecule has 1 atom stereocenters. The summed E-state index contributed by atoms with van der Waals surface area (Å²) in [6, 6.07) is 16.4. The summed E-state index contributed by atoms with van der Waals surface area (Å²) in [4.78, 5) is 24.8. The number of para-hydroxylation sites is 1. The number of rotatable bonds is 8. The van der Waals surface area contributed by atoms with Gasteiger partial charge in [-0.2, -0.15) is 5.26 Å². The van der Waals surface area contributed by atoms with Gasteiger partial charge in [0.05, 0.1) is 17.5 Å². The summed E-state index contributed by atoms with van der Waals surface area (Å²) < 4.78 is 10.5. The second-order valence-corrected chi connectivity index (χ2v) is 6.69. The maximum absolute atomic E-state index is 12.1. The zero-order valence-corrected chi connectivity index (χ0v) is 15.9. The second kappa shape index (κ2) is 10.2. The third kappa shape index (κ3) is 6.68. The van der Waals surface area contributed by atoms with Crippen molar-refractivity contribution in [2.45, 2.75) is 24.8 Å². The van der Waals surface area contributed by atoms with E-state index in [9.17, 15) is 9.59 Å².